The van der Waals surface area contributed by atoms with Gasteiger partial charge in [-0.1, -0.05) is 23.7 Å². The van der Waals surface area contributed by atoms with Gasteiger partial charge in [-0.2, -0.15) is 0 Å². The Morgan fingerprint density at radius 2 is 2.19 bits per heavy atom. The molecule has 0 saturated carbocycles. The molecule has 2 aromatic heterocycles. The summed E-state index contributed by atoms with van der Waals surface area (Å²) in [6.45, 7) is 3.01. The Morgan fingerprint density at radius 3 is 2.90 bits per heavy atom. The predicted molar refractivity (Wildman–Crippen MR) is 92.3 cm³/mol. The van der Waals surface area contributed by atoms with Gasteiger partial charge >= 0.3 is 0 Å². The third kappa shape index (κ3) is 3.31. The molecule has 1 atom stereocenters. The van der Waals surface area contributed by atoms with E-state index >= 15 is 0 Å². The fourth-order valence-electron chi connectivity index (χ4n) is 2.72. The Hall–Kier alpha value is -1.29. The number of benzene rings is 1. The Bertz CT molecular complexity index is 729. The molecule has 3 aromatic rings. The molecule has 0 bridgehead atoms. The maximum absolute atomic E-state index is 6.17. The minimum atomic E-state index is 0.164. The lowest BCUT2D eigenvalue weighted by molar-refractivity contribution is 0.710. The van der Waals surface area contributed by atoms with Crippen LogP contribution in [0.4, 0.5) is 0 Å². The van der Waals surface area contributed by atoms with Crippen LogP contribution in [0.25, 0.3) is 10.9 Å². The molecule has 2 N–H and O–H groups in total. The van der Waals surface area contributed by atoms with E-state index in [9.17, 15) is 0 Å². The molecule has 0 saturated heterocycles. The first kappa shape index (κ1) is 14.6. The van der Waals surface area contributed by atoms with Crippen LogP contribution in [0.2, 0.25) is 5.02 Å². The molecule has 0 fully saturated rings. The summed E-state index contributed by atoms with van der Waals surface area (Å²) in [4.78, 5) is 1.41. The molecule has 110 valence electrons. The van der Waals surface area contributed by atoms with Gasteiger partial charge in [0.2, 0.25) is 0 Å². The van der Waals surface area contributed by atoms with Gasteiger partial charge in [-0.05, 0) is 48.9 Å². The van der Waals surface area contributed by atoms with Crippen LogP contribution in [0.15, 0.2) is 41.9 Å². The van der Waals surface area contributed by atoms with Crippen molar-refractivity contribution in [1.29, 1.82) is 0 Å². The number of hydrogen-bond acceptors (Lipinski definition) is 2. The maximum atomic E-state index is 6.17. The monoisotopic (exact) mass is 318 g/mol. The summed E-state index contributed by atoms with van der Waals surface area (Å²) < 4.78 is 2.30. The smallest absolute Gasteiger partial charge is 0.0498 e. The summed E-state index contributed by atoms with van der Waals surface area (Å²) in [5, 5.41) is 4.18. The topological polar surface area (TPSA) is 30.9 Å². The van der Waals surface area contributed by atoms with Gasteiger partial charge in [-0.3, -0.25) is 0 Å². The molecule has 0 aliphatic rings. The van der Waals surface area contributed by atoms with Gasteiger partial charge in [0.25, 0.3) is 0 Å². The number of nitrogens with zero attached hydrogens (tertiary/aromatic N) is 1. The van der Waals surface area contributed by atoms with Gasteiger partial charge in [-0.15, -0.1) is 11.3 Å². The fourth-order valence-corrected chi connectivity index (χ4v) is 3.59. The van der Waals surface area contributed by atoms with Crippen LogP contribution in [0, 0.1) is 0 Å². The van der Waals surface area contributed by atoms with Gasteiger partial charge in [0.15, 0.2) is 0 Å². The molecule has 2 nitrogen and oxygen atoms in total. The maximum Gasteiger partial charge on any atom is 0.0498 e. The highest BCUT2D eigenvalue weighted by Crippen LogP contribution is 2.26. The highest BCUT2D eigenvalue weighted by molar-refractivity contribution is 7.09. The van der Waals surface area contributed by atoms with Crippen molar-refractivity contribution >= 4 is 33.8 Å². The quantitative estimate of drug-likeness (QED) is 0.738. The van der Waals surface area contributed by atoms with Crippen LogP contribution in [-0.2, 0) is 19.4 Å². The third-order valence-corrected chi connectivity index (χ3v) is 4.82. The lowest BCUT2D eigenvalue weighted by Gasteiger charge is -2.04. The predicted octanol–water partition coefficient (Wildman–Crippen LogP) is 4.49. The number of aromatic nitrogens is 1. The second-order valence-corrected chi connectivity index (χ2v) is 6.99. The molecule has 21 heavy (non-hydrogen) atoms. The van der Waals surface area contributed by atoms with E-state index in [2.05, 4.69) is 40.4 Å². The lowest BCUT2D eigenvalue weighted by Crippen LogP contribution is -2.17. The second kappa shape index (κ2) is 6.22. The van der Waals surface area contributed by atoms with E-state index in [0.717, 1.165) is 24.4 Å². The standard InChI is InChI=1S/C17H19ClN2S/c1-12(19)9-13-11-20(7-6-15-3-2-8-21-15)17-10-14(18)4-5-16(13)17/h2-5,8,10-12H,6-7,9,19H2,1H3. The van der Waals surface area contributed by atoms with Crippen molar-refractivity contribution in [3.05, 3.63) is 57.4 Å². The van der Waals surface area contributed by atoms with E-state index in [-0.39, 0.29) is 6.04 Å². The minimum absolute atomic E-state index is 0.164. The number of thiophene rings is 1. The number of rotatable bonds is 5. The number of nitrogens with two attached hydrogens (primary N) is 1. The molecular weight excluding hydrogens is 300 g/mol. The summed E-state index contributed by atoms with van der Waals surface area (Å²) in [5.74, 6) is 0. The van der Waals surface area contributed by atoms with Crippen molar-refractivity contribution in [3.63, 3.8) is 0 Å². The first-order valence-corrected chi connectivity index (χ1v) is 8.44. The Morgan fingerprint density at radius 1 is 1.33 bits per heavy atom. The van der Waals surface area contributed by atoms with Crippen molar-refractivity contribution in [2.24, 2.45) is 5.73 Å². The van der Waals surface area contributed by atoms with Gasteiger partial charge in [0.05, 0.1) is 0 Å². The molecule has 1 unspecified atom stereocenters. The van der Waals surface area contributed by atoms with Gasteiger partial charge < -0.3 is 10.3 Å². The summed E-state index contributed by atoms with van der Waals surface area (Å²) in [5.41, 5.74) is 8.48. The molecular formula is C17H19ClN2S. The Labute approximate surface area is 134 Å². The fraction of sp³-hybridized carbons (Fsp3) is 0.294. The Kier molecular flexibility index (Phi) is 4.34. The van der Waals surface area contributed by atoms with E-state index in [1.54, 1.807) is 0 Å². The molecule has 1 aromatic carbocycles. The van der Waals surface area contributed by atoms with Crippen LogP contribution in [-0.4, -0.2) is 10.6 Å². The number of hydrogen-bond donors (Lipinski definition) is 1. The molecule has 0 aliphatic heterocycles. The van der Waals surface area contributed by atoms with E-state index in [1.807, 2.05) is 24.3 Å². The van der Waals surface area contributed by atoms with Gasteiger partial charge in [-0.25, -0.2) is 0 Å². The molecule has 0 amide bonds. The largest absolute Gasteiger partial charge is 0.347 e. The van der Waals surface area contributed by atoms with E-state index in [1.165, 1.54) is 21.3 Å². The first-order valence-electron chi connectivity index (χ1n) is 7.18. The molecule has 4 heteroatoms. The average Bonchev–Trinajstić information content (AvgIpc) is 3.04. The number of halogens is 1. The van der Waals surface area contributed by atoms with Crippen molar-refractivity contribution in [3.8, 4) is 0 Å². The minimum Gasteiger partial charge on any atom is -0.347 e. The van der Waals surface area contributed by atoms with Crippen LogP contribution in [0.3, 0.4) is 0 Å². The normalized spacial score (nSPS) is 12.9. The van der Waals surface area contributed by atoms with Gasteiger partial charge in [0.1, 0.15) is 0 Å². The average molecular weight is 319 g/mol. The summed E-state index contributed by atoms with van der Waals surface area (Å²) >= 11 is 7.98. The third-order valence-electron chi connectivity index (χ3n) is 3.65. The number of fused-ring (bicyclic) bond motifs is 1. The molecule has 0 spiro atoms. The van der Waals surface area contributed by atoms with Crippen molar-refractivity contribution < 1.29 is 0 Å². The molecule has 3 rings (SSSR count). The van der Waals surface area contributed by atoms with Crippen LogP contribution in [0.5, 0.6) is 0 Å². The van der Waals surface area contributed by atoms with Crippen molar-refractivity contribution in [2.45, 2.75) is 32.4 Å². The molecule has 0 aliphatic carbocycles. The Balaban J connectivity index is 1.94. The summed E-state index contributed by atoms with van der Waals surface area (Å²) in [7, 11) is 0. The molecule has 0 radical (unpaired) electrons. The van der Waals surface area contributed by atoms with Crippen molar-refractivity contribution in [2.75, 3.05) is 0 Å². The zero-order valence-electron chi connectivity index (χ0n) is 12.1. The van der Waals surface area contributed by atoms with Gasteiger partial charge in [0, 0.05) is 39.6 Å². The van der Waals surface area contributed by atoms with Crippen LogP contribution in [0.1, 0.15) is 17.4 Å². The summed E-state index contributed by atoms with van der Waals surface area (Å²) in [6.07, 6.45) is 4.17. The zero-order chi connectivity index (χ0) is 14.8. The highest BCUT2D eigenvalue weighted by atomic mass is 35.5. The number of aryl methyl sites for hydroxylation is 2. The SMILES string of the molecule is CC(N)Cc1cn(CCc2cccs2)c2cc(Cl)ccc12. The van der Waals surface area contributed by atoms with Crippen LogP contribution >= 0.6 is 22.9 Å². The first-order chi connectivity index (χ1) is 10.1. The van der Waals surface area contributed by atoms with E-state index < -0.39 is 0 Å². The zero-order valence-corrected chi connectivity index (χ0v) is 13.6. The van der Waals surface area contributed by atoms with E-state index in [4.69, 9.17) is 17.3 Å². The van der Waals surface area contributed by atoms with Crippen LogP contribution < -0.4 is 5.73 Å². The highest BCUT2D eigenvalue weighted by Gasteiger charge is 2.10. The lowest BCUT2D eigenvalue weighted by atomic mass is 10.1. The second-order valence-electron chi connectivity index (χ2n) is 5.52. The summed E-state index contributed by atoms with van der Waals surface area (Å²) in [6, 6.07) is 10.6. The molecule has 2 heterocycles. The van der Waals surface area contributed by atoms with Crippen molar-refractivity contribution in [1.82, 2.24) is 4.57 Å². The van der Waals surface area contributed by atoms with E-state index in [0.29, 0.717) is 0 Å².